The van der Waals surface area contributed by atoms with Gasteiger partial charge in [-0.2, -0.15) is 17.6 Å². The molecule has 1 aliphatic heterocycles. The standard InChI is InChI=1S/C24H22F9IO4/c1-2-3-4-5-13-11-35-21(36-12-13)14-8-18(26)20(19(34)9-14)23(29,30)37-15-6-7-16(17(25)10-15)22(27,28)38-24(31,32)33/h6-10,13,21H,2-5,11-12H2,1H3. The molecule has 0 spiro atoms. The Morgan fingerprint density at radius 2 is 1.55 bits per heavy atom. The number of benzene rings is 2. The lowest BCUT2D eigenvalue weighted by Crippen LogP contribution is -2.29. The summed E-state index contributed by atoms with van der Waals surface area (Å²) < 4.78 is 140. The van der Waals surface area contributed by atoms with Crippen molar-refractivity contribution in [3.63, 3.8) is 0 Å². The third kappa shape index (κ3) is 7.88. The van der Waals surface area contributed by atoms with E-state index in [1.54, 1.807) is 0 Å². The number of hydrogen-bond acceptors (Lipinski definition) is 4. The Labute approximate surface area is 225 Å². The van der Waals surface area contributed by atoms with Crippen LogP contribution in [0.5, 0.6) is 5.75 Å². The number of rotatable bonds is 10. The van der Waals surface area contributed by atoms with Crippen LogP contribution < -0.4 is 4.74 Å². The van der Waals surface area contributed by atoms with Crippen molar-refractivity contribution in [3.8, 4) is 5.75 Å². The van der Waals surface area contributed by atoms with Crippen LogP contribution in [0.3, 0.4) is 0 Å². The van der Waals surface area contributed by atoms with Gasteiger partial charge in [-0.15, -0.1) is 13.2 Å². The molecular formula is C24H22F9IO4. The predicted octanol–water partition coefficient (Wildman–Crippen LogP) is 8.53. The Bertz CT molecular complexity index is 1080. The highest BCUT2D eigenvalue weighted by Crippen LogP contribution is 2.41. The van der Waals surface area contributed by atoms with E-state index in [9.17, 15) is 39.5 Å². The Morgan fingerprint density at radius 3 is 2.11 bits per heavy atom. The van der Waals surface area contributed by atoms with E-state index < -0.39 is 53.4 Å². The van der Waals surface area contributed by atoms with Gasteiger partial charge in [0.25, 0.3) is 0 Å². The van der Waals surface area contributed by atoms with Gasteiger partial charge in [0.2, 0.25) is 0 Å². The van der Waals surface area contributed by atoms with Gasteiger partial charge in [-0.05, 0) is 53.3 Å². The van der Waals surface area contributed by atoms with E-state index in [1.165, 1.54) is 28.7 Å². The molecule has 2 aromatic rings. The van der Waals surface area contributed by atoms with Crippen LogP contribution in [-0.2, 0) is 26.4 Å². The van der Waals surface area contributed by atoms with Crippen molar-refractivity contribution >= 4 is 22.6 Å². The van der Waals surface area contributed by atoms with Crippen LogP contribution in [0.25, 0.3) is 0 Å². The minimum Gasteiger partial charge on any atom is -0.429 e. The third-order valence-corrected chi connectivity index (χ3v) is 6.41. The van der Waals surface area contributed by atoms with Gasteiger partial charge in [0.15, 0.2) is 6.29 Å². The number of hydrogen-bond donors (Lipinski definition) is 0. The molecule has 1 saturated heterocycles. The lowest BCUT2D eigenvalue weighted by molar-refractivity contribution is -0.432. The maximum Gasteiger partial charge on any atom is 0.527 e. The van der Waals surface area contributed by atoms with Crippen LogP contribution in [0.1, 0.15) is 55.6 Å². The molecule has 0 atom stereocenters. The SMILES string of the molecule is CCCCCC1COC(c2cc(F)c(C(F)(F)Oc3ccc(C(F)(F)OC(F)(F)F)c(F)c3)c(I)c2)OC1. The summed E-state index contributed by atoms with van der Waals surface area (Å²) in [4.78, 5) is 0. The second kappa shape index (κ2) is 12.2. The molecule has 3 rings (SSSR count). The van der Waals surface area contributed by atoms with Crippen LogP contribution in [0.4, 0.5) is 39.5 Å². The number of ether oxygens (including phenoxy) is 4. The summed E-state index contributed by atoms with van der Waals surface area (Å²) in [5.41, 5.74) is -2.96. The van der Waals surface area contributed by atoms with E-state index >= 15 is 0 Å². The van der Waals surface area contributed by atoms with Gasteiger partial charge in [0.05, 0.1) is 18.8 Å². The highest BCUT2D eigenvalue weighted by molar-refractivity contribution is 14.1. The third-order valence-electron chi connectivity index (χ3n) is 5.55. The largest absolute Gasteiger partial charge is 0.527 e. The minimum atomic E-state index is -5.80. The molecule has 2 aromatic carbocycles. The second-order valence-electron chi connectivity index (χ2n) is 8.55. The van der Waals surface area contributed by atoms with Gasteiger partial charge in [-0.25, -0.2) is 13.5 Å². The zero-order valence-electron chi connectivity index (χ0n) is 19.7. The summed E-state index contributed by atoms with van der Waals surface area (Å²) in [7, 11) is 0. The number of unbranched alkanes of at least 4 members (excludes halogenated alkanes) is 2. The number of alkyl halides is 7. The quantitative estimate of drug-likeness (QED) is 0.144. The molecule has 0 bridgehead atoms. The molecule has 0 amide bonds. The molecule has 0 unspecified atom stereocenters. The van der Waals surface area contributed by atoms with Gasteiger partial charge in [-0.3, -0.25) is 0 Å². The maximum absolute atomic E-state index is 14.9. The van der Waals surface area contributed by atoms with Crippen LogP contribution in [0.15, 0.2) is 30.3 Å². The molecule has 0 radical (unpaired) electrons. The maximum atomic E-state index is 14.9. The zero-order valence-corrected chi connectivity index (χ0v) is 21.9. The average molecular weight is 672 g/mol. The highest BCUT2D eigenvalue weighted by Gasteiger charge is 2.48. The van der Waals surface area contributed by atoms with E-state index in [-0.39, 0.29) is 27.2 Å². The summed E-state index contributed by atoms with van der Waals surface area (Å²) in [6.07, 6.45) is -12.3. The van der Waals surface area contributed by atoms with Crippen LogP contribution in [0.2, 0.25) is 0 Å². The van der Waals surface area contributed by atoms with Gasteiger partial charge >= 0.3 is 18.6 Å². The monoisotopic (exact) mass is 672 g/mol. The van der Waals surface area contributed by atoms with Crippen molar-refractivity contribution in [2.75, 3.05) is 13.2 Å². The molecular weight excluding hydrogens is 650 g/mol. The lowest BCUT2D eigenvalue weighted by atomic mass is 10.0. The van der Waals surface area contributed by atoms with E-state index in [1.807, 2.05) is 0 Å². The van der Waals surface area contributed by atoms with Crippen molar-refractivity contribution in [2.45, 2.75) is 57.5 Å². The normalized spacial score (nSPS) is 19.0. The zero-order chi connectivity index (χ0) is 28.3. The van der Waals surface area contributed by atoms with Crippen molar-refractivity contribution in [2.24, 2.45) is 5.92 Å². The summed E-state index contributed by atoms with van der Waals surface area (Å²) in [5, 5.41) is 0. The first kappa shape index (κ1) is 30.8. The smallest absolute Gasteiger partial charge is 0.429 e. The Morgan fingerprint density at radius 1 is 0.895 bits per heavy atom. The van der Waals surface area contributed by atoms with E-state index in [0.717, 1.165) is 31.7 Å². The summed E-state index contributed by atoms with van der Waals surface area (Å²) in [5.74, 6) is -4.31. The van der Waals surface area contributed by atoms with Gasteiger partial charge in [0.1, 0.15) is 22.9 Å². The summed E-state index contributed by atoms with van der Waals surface area (Å²) in [6, 6.07) is 2.44. The molecule has 0 saturated carbocycles. The predicted molar refractivity (Wildman–Crippen MR) is 123 cm³/mol. The molecule has 4 nitrogen and oxygen atoms in total. The number of halogens is 10. The molecule has 212 valence electrons. The Balaban J connectivity index is 1.74. The lowest BCUT2D eigenvalue weighted by Gasteiger charge is -2.30. The summed E-state index contributed by atoms with van der Waals surface area (Å²) >= 11 is 1.43. The first-order chi connectivity index (χ1) is 17.6. The molecule has 0 N–H and O–H groups in total. The van der Waals surface area contributed by atoms with Crippen LogP contribution in [-0.4, -0.2) is 19.6 Å². The minimum absolute atomic E-state index is 0.0106. The van der Waals surface area contributed by atoms with Crippen molar-refractivity contribution < 1.29 is 58.5 Å². The van der Waals surface area contributed by atoms with Gasteiger partial charge < -0.3 is 14.2 Å². The van der Waals surface area contributed by atoms with Crippen molar-refractivity contribution in [1.29, 1.82) is 0 Å². The highest BCUT2D eigenvalue weighted by atomic mass is 127. The van der Waals surface area contributed by atoms with Crippen molar-refractivity contribution in [3.05, 3.63) is 62.2 Å². The second-order valence-corrected chi connectivity index (χ2v) is 9.71. The Hall–Kier alpha value is -1.78. The topological polar surface area (TPSA) is 36.9 Å². The van der Waals surface area contributed by atoms with Crippen molar-refractivity contribution in [1.82, 2.24) is 0 Å². The first-order valence-corrected chi connectivity index (χ1v) is 12.4. The van der Waals surface area contributed by atoms with Gasteiger partial charge in [-0.1, -0.05) is 26.2 Å². The fraction of sp³-hybridized carbons (Fsp3) is 0.500. The summed E-state index contributed by atoms with van der Waals surface area (Å²) in [6.45, 7) is 2.77. The molecule has 0 aliphatic carbocycles. The fourth-order valence-electron chi connectivity index (χ4n) is 3.79. The van der Waals surface area contributed by atoms with Gasteiger partial charge in [0, 0.05) is 21.1 Å². The Kier molecular flexibility index (Phi) is 9.85. The molecule has 1 fully saturated rings. The van der Waals surface area contributed by atoms with E-state index in [0.29, 0.717) is 19.3 Å². The van der Waals surface area contributed by atoms with E-state index in [4.69, 9.17) is 9.47 Å². The average Bonchev–Trinajstić information content (AvgIpc) is 2.77. The molecule has 1 aliphatic rings. The van der Waals surface area contributed by atoms with Crippen LogP contribution in [0, 0.1) is 21.1 Å². The van der Waals surface area contributed by atoms with E-state index in [2.05, 4.69) is 16.4 Å². The molecule has 1 heterocycles. The fourth-order valence-corrected chi connectivity index (χ4v) is 4.72. The van der Waals surface area contributed by atoms with Crippen LogP contribution >= 0.6 is 22.6 Å². The molecule has 0 aromatic heterocycles. The molecule has 14 heteroatoms. The first-order valence-electron chi connectivity index (χ1n) is 11.4. The molecule has 38 heavy (non-hydrogen) atoms.